The zero-order chi connectivity index (χ0) is 21.2. The molecule has 0 saturated heterocycles. The monoisotopic (exact) mass is 398 g/mol. The van der Waals surface area contributed by atoms with E-state index in [1.165, 1.54) is 0 Å². The van der Waals surface area contributed by atoms with Gasteiger partial charge in [0, 0.05) is 11.4 Å². The molecule has 1 aliphatic carbocycles. The van der Waals surface area contributed by atoms with Crippen LogP contribution in [0.2, 0.25) is 0 Å². The Labute approximate surface area is 170 Å². The summed E-state index contributed by atoms with van der Waals surface area (Å²) < 4.78 is 1.03. The van der Waals surface area contributed by atoms with Crippen LogP contribution in [-0.4, -0.2) is 27.6 Å². The number of fused-ring (bicyclic) bond motifs is 1. The van der Waals surface area contributed by atoms with Crippen molar-refractivity contribution in [1.29, 1.82) is 0 Å². The van der Waals surface area contributed by atoms with Gasteiger partial charge < -0.3 is 11.1 Å². The third-order valence-corrected chi connectivity index (χ3v) is 6.50. The molecule has 1 aromatic heterocycles. The molecule has 7 nitrogen and oxygen atoms in total. The van der Waals surface area contributed by atoms with Crippen LogP contribution in [0.5, 0.6) is 0 Å². The molecule has 0 radical (unpaired) electrons. The number of primary amides is 1. The predicted molar refractivity (Wildman–Crippen MR) is 112 cm³/mol. The summed E-state index contributed by atoms with van der Waals surface area (Å²) in [5.41, 5.74) is 5.33. The molecular formula is C22H30N4O3. The molecule has 0 unspecified atom stereocenters. The van der Waals surface area contributed by atoms with Crippen molar-refractivity contribution in [3.05, 3.63) is 40.3 Å². The smallest absolute Gasteiger partial charge is 0.275 e. The molecule has 1 aromatic carbocycles. The normalized spacial score (nSPS) is 19.8. The van der Waals surface area contributed by atoms with Gasteiger partial charge in [0.15, 0.2) is 5.69 Å². The van der Waals surface area contributed by atoms with E-state index in [9.17, 15) is 14.4 Å². The van der Waals surface area contributed by atoms with Crippen LogP contribution in [0.3, 0.4) is 0 Å². The number of nitrogens with one attached hydrogen (secondary N) is 1. The third kappa shape index (κ3) is 4.49. The molecule has 0 aliphatic heterocycles. The lowest BCUT2D eigenvalue weighted by molar-refractivity contribution is -0.123. The van der Waals surface area contributed by atoms with E-state index in [1.807, 2.05) is 0 Å². The first-order valence-electron chi connectivity index (χ1n) is 10.3. The van der Waals surface area contributed by atoms with Gasteiger partial charge in [0.05, 0.1) is 5.39 Å². The van der Waals surface area contributed by atoms with Crippen molar-refractivity contribution in [2.45, 2.75) is 65.5 Å². The molecular weight excluding hydrogens is 368 g/mol. The molecule has 2 amide bonds. The van der Waals surface area contributed by atoms with E-state index >= 15 is 0 Å². The number of hydrogen-bond donors (Lipinski definition) is 2. The summed E-state index contributed by atoms with van der Waals surface area (Å²) in [5, 5.41) is 7.81. The van der Waals surface area contributed by atoms with Gasteiger partial charge in [0.25, 0.3) is 11.5 Å². The maximum atomic E-state index is 12.7. The van der Waals surface area contributed by atoms with Crippen LogP contribution < -0.4 is 16.6 Å². The zero-order valence-corrected chi connectivity index (χ0v) is 17.4. The van der Waals surface area contributed by atoms with Crippen LogP contribution in [-0.2, 0) is 11.3 Å². The quantitative estimate of drug-likeness (QED) is 0.780. The molecule has 3 N–H and O–H groups in total. The molecule has 1 fully saturated rings. The second-order valence-corrected chi connectivity index (χ2v) is 8.68. The Kier molecular flexibility index (Phi) is 6.05. The standard InChI is InChI=1S/C22H30N4O3/c1-4-22(2,3)14-9-11-15(12-10-14)24-18(27)13-26-21(29)17-8-6-5-7-16(17)19(25-26)20(23)28/h5-8,14-15H,4,9-13H2,1-3H3,(H2,23,28)(H,24,27). The summed E-state index contributed by atoms with van der Waals surface area (Å²) in [5.74, 6) is -0.334. The summed E-state index contributed by atoms with van der Waals surface area (Å²) in [6.07, 6.45) is 5.20. The van der Waals surface area contributed by atoms with E-state index in [-0.39, 0.29) is 24.2 Å². The second-order valence-electron chi connectivity index (χ2n) is 8.68. The Morgan fingerprint density at radius 2 is 1.79 bits per heavy atom. The maximum Gasteiger partial charge on any atom is 0.275 e. The van der Waals surface area contributed by atoms with Gasteiger partial charge in [-0.3, -0.25) is 14.4 Å². The third-order valence-electron chi connectivity index (χ3n) is 6.50. The van der Waals surface area contributed by atoms with Crippen LogP contribution in [0.25, 0.3) is 10.8 Å². The average molecular weight is 399 g/mol. The van der Waals surface area contributed by atoms with E-state index in [0.717, 1.165) is 36.8 Å². The van der Waals surface area contributed by atoms with Crippen molar-refractivity contribution in [3.8, 4) is 0 Å². The molecule has 7 heteroatoms. The topological polar surface area (TPSA) is 107 Å². The minimum Gasteiger partial charge on any atom is -0.364 e. The lowest BCUT2D eigenvalue weighted by Crippen LogP contribution is -2.42. The molecule has 3 rings (SSSR count). The van der Waals surface area contributed by atoms with Gasteiger partial charge in [0.2, 0.25) is 5.91 Å². The van der Waals surface area contributed by atoms with Gasteiger partial charge in [-0.15, -0.1) is 0 Å². The Morgan fingerprint density at radius 1 is 1.17 bits per heavy atom. The van der Waals surface area contributed by atoms with Crippen molar-refractivity contribution < 1.29 is 9.59 Å². The van der Waals surface area contributed by atoms with Gasteiger partial charge in [0.1, 0.15) is 6.54 Å². The Morgan fingerprint density at radius 3 is 2.38 bits per heavy atom. The van der Waals surface area contributed by atoms with Crippen molar-refractivity contribution in [2.24, 2.45) is 17.1 Å². The van der Waals surface area contributed by atoms with Crippen LogP contribution in [0.15, 0.2) is 29.1 Å². The summed E-state index contributed by atoms with van der Waals surface area (Å²) in [7, 11) is 0. The van der Waals surface area contributed by atoms with Gasteiger partial charge in [-0.1, -0.05) is 45.4 Å². The number of benzene rings is 1. The number of rotatable bonds is 6. The second kappa shape index (κ2) is 8.35. The number of amides is 2. The van der Waals surface area contributed by atoms with Gasteiger partial charge >= 0.3 is 0 Å². The predicted octanol–water partition coefficient (Wildman–Crippen LogP) is 2.61. The molecule has 0 bridgehead atoms. The van der Waals surface area contributed by atoms with Crippen LogP contribution >= 0.6 is 0 Å². The number of nitrogens with two attached hydrogens (primary N) is 1. The summed E-state index contributed by atoms with van der Waals surface area (Å²) in [6, 6.07) is 6.76. The van der Waals surface area contributed by atoms with Gasteiger partial charge in [-0.25, -0.2) is 4.68 Å². The first kappa shape index (κ1) is 21.0. The van der Waals surface area contributed by atoms with Crippen LogP contribution in [0.1, 0.15) is 63.4 Å². The summed E-state index contributed by atoms with van der Waals surface area (Å²) in [4.78, 5) is 37.0. The molecule has 1 aliphatic rings. The minimum absolute atomic E-state index is 0.00435. The summed E-state index contributed by atoms with van der Waals surface area (Å²) >= 11 is 0. The van der Waals surface area contributed by atoms with Crippen molar-refractivity contribution >= 4 is 22.6 Å². The molecule has 0 atom stereocenters. The van der Waals surface area contributed by atoms with Crippen molar-refractivity contribution in [2.75, 3.05) is 0 Å². The number of carbonyl (C=O) groups is 2. The Balaban J connectivity index is 1.70. The first-order valence-corrected chi connectivity index (χ1v) is 10.3. The van der Waals surface area contributed by atoms with E-state index in [1.54, 1.807) is 24.3 Å². The first-order chi connectivity index (χ1) is 13.7. The van der Waals surface area contributed by atoms with Gasteiger partial charge in [-0.2, -0.15) is 5.10 Å². The van der Waals surface area contributed by atoms with E-state index in [2.05, 4.69) is 31.2 Å². The lowest BCUT2D eigenvalue weighted by atomic mass is 9.69. The largest absolute Gasteiger partial charge is 0.364 e. The average Bonchev–Trinajstić information content (AvgIpc) is 2.70. The van der Waals surface area contributed by atoms with Crippen LogP contribution in [0.4, 0.5) is 0 Å². The molecule has 156 valence electrons. The van der Waals surface area contributed by atoms with Gasteiger partial charge in [-0.05, 0) is 43.1 Å². The highest BCUT2D eigenvalue weighted by atomic mass is 16.2. The van der Waals surface area contributed by atoms with E-state index < -0.39 is 11.5 Å². The number of nitrogens with zero attached hydrogens (tertiary/aromatic N) is 2. The highest BCUT2D eigenvalue weighted by Crippen LogP contribution is 2.40. The number of hydrogen-bond acceptors (Lipinski definition) is 4. The molecule has 2 aromatic rings. The lowest BCUT2D eigenvalue weighted by Gasteiger charge is -2.39. The van der Waals surface area contributed by atoms with Crippen molar-refractivity contribution in [1.82, 2.24) is 15.1 Å². The molecule has 1 heterocycles. The number of aromatic nitrogens is 2. The maximum absolute atomic E-state index is 12.7. The summed E-state index contributed by atoms with van der Waals surface area (Å²) in [6.45, 7) is 6.61. The van der Waals surface area contributed by atoms with Crippen molar-refractivity contribution in [3.63, 3.8) is 0 Å². The fourth-order valence-electron chi connectivity index (χ4n) is 4.24. The molecule has 1 saturated carbocycles. The minimum atomic E-state index is -0.729. The number of carbonyl (C=O) groups excluding carboxylic acids is 2. The van der Waals surface area contributed by atoms with E-state index in [0.29, 0.717) is 22.1 Å². The SMILES string of the molecule is CCC(C)(C)C1CCC(NC(=O)Cn2nc(C(N)=O)c3ccccc3c2=O)CC1. The molecule has 29 heavy (non-hydrogen) atoms. The molecule has 0 spiro atoms. The fourth-order valence-corrected chi connectivity index (χ4v) is 4.24. The highest BCUT2D eigenvalue weighted by molar-refractivity contribution is 6.04. The highest BCUT2D eigenvalue weighted by Gasteiger charge is 2.32. The van der Waals surface area contributed by atoms with E-state index in [4.69, 9.17) is 5.73 Å². The fraction of sp³-hybridized carbons (Fsp3) is 0.545. The Hall–Kier alpha value is -2.70. The zero-order valence-electron chi connectivity index (χ0n) is 17.4. The van der Waals surface area contributed by atoms with Crippen LogP contribution in [0, 0.1) is 11.3 Å². The Bertz CT molecular complexity index is 972.